The van der Waals surface area contributed by atoms with E-state index < -0.39 is 10.0 Å². The zero-order valence-electron chi connectivity index (χ0n) is 15.6. The Morgan fingerprint density at radius 2 is 1.63 bits per heavy atom. The Morgan fingerprint density at radius 3 is 2.33 bits per heavy atom. The molecule has 0 spiro atoms. The molecule has 8 heteroatoms. The summed E-state index contributed by atoms with van der Waals surface area (Å²) in [6.45, 7) is 0. The van der Waals surface area contributed by atoms with Crippen LogP contribution >= 0.6 is 11.3 Å². The number of hydrogen-bond acceptors (Lipinski definition) is 5. The van der Waals surface area contributed by atoms with Crippen LogP contribution < -0.4 is 10.0 Å². The maximum absolute atomic E-state index is 12.6. The topological polar surface area (TPSA) is 88.2 Å². The van der Waals surface area contributed by atoms with Crippen LogP contribution in [0.2, 0.25) is 0 Å². The van der Waals surface area contributed by atoms with Crippen LogP contribution in [0.4, 0.5) is 11.4 Å². The van der Waals surface area contributed by atoms with Gasteiger partial charge >= 0.3 is 0 Å². The summed E-state index contributed by atoms with van der Waals surface area (Å²) in [6.07, 6.45) is 1.73. The van der Waals surface area contributed by atoms with Crippen molar-refractivity contribution in [1.82, 2.24) is 4.98 Å². The Hall–Kier alpha value is -3.49. The summed E-state index contributed by atoms with van der Waals surface area (Å²) in [6, 6.07) is 21.8. The van der Waals surface area contributed by atoms with Crippen LogP contribution in [0.1, 0.15) is 10.4 Å². The SMILES string of the molecule is O=C(Nc1cccc(-c2nccs2)c1)c1ccc(NS(=O)(=O)c2ccccc2)cc1. The van der Waals surface area contributed by atoms with Gasteiger partial charge in [-0.15, -0.1) is 11.3 Å². The predicted molar refractivity (Wildman–Crippen MR) is 119 cm³/mol. The van der Waals surface area contributed by atoms with Crippen LogP contribution in [0, 0.1) is 0 Å². The zero-order valence-corrected chi connectivity index (χ0v) is 17.3. The molecule has 2 N–H and O–H groups in total. The molecule has 0 atom stereocenters. The van der Waals surface area contributed by atoms with Gasteiger partial charge in [0.25, 0.3) is 15.9 Å². The molecule has 4 rings (SSSR count). The molecule has 0 aliphatic carbocycles. The largest absolute Gasteiger partial charge is 0.322 e. The highest BCUT2D eigenvalue weighted by Gasteiger charge is 2.14. The lowest BCUT2D eigenvalue weighted by Gasteiger charge is -2.10. The summed E-state index contributed by atoms with van der Waals surface area (Å²) in [5.41, 5.74) is 2.37. The molecule has 0 fully saturated rings. The molecule has 1 aromatic heterocycles. The van der Waals surface area contributed by atoms with Crippen molar-refractivity contribution in [1.29, 1.82) is 0 Å². The van der Waals surface area contributed by atoms with Crippen molar-refractivity contribution in [2.75, 3.05) is 10.0 Å². The number of benzene rings is 3. The number of amides is 1. The van der Waals surface area contributed by atoms with Crippen LogP contribution in [0.15, 0.2) is 95.3 Å². The van der Waals surface area contributed by atoms with Gasteiger partial charge in [-0.3, -0.25) is 9.52 Å². The highest BCUT2D eigenvalue weighted by molar-refractivity contribution is 7.92. The van der Waals surface area contributed by atoms with E-state index in [4.69, 9.17) is 0 Å². The van der Waals surface area contributed by atoms with Gasteiger partial charge in [0.05, 0.1) is 4.90 Å². The third kappa shape index (κ3) is 4.56. The van der Waals surface area contributed by atoms with E-state index in [1.807, 2.05) is 23.6 Å². The third-order valence-corrected chi connectivity index (χ3v) is 6.47. The summed E-state index contributed by atoms with van der Waals surface area (Å²) in [5.74, 6) is -0.288. The second-order valence-corrected chi connectivity index (χ2v) is 8.95. The Bertz CT molecular complexity index is 1250. The third-order valence-electron chi connectivity index (χ3n) is 4.25. The van der Waals surface area contributed by atoms with E-state index in [-0.39, 0.29) is 10.8 Å². The Kier molecular flexibility index (Phi) is 5.60. The Morgan fingerprint density at radius 1 is 0.867 bits per heavy atom. The quantitative estimate of drug-likeness (QED) is 0.453. The van der Waals surface area contributed by atoms with Crippen molar-refractivity contribution in [3.05, 3.63) is 96.0 Å². The molecule has 0 saturated carbocycles. The molecule has 0 aliphatic rings. The van der Waals surface area contributed by atoms with Gasteiger partial charge in [-0.05, 0) is 48.5 Å². The van der Waals surface area contributed by atoms with Crippen LogP contribution in [0.5, 0.6) is 0 Å². The van der Waals surface area contributed by atoms with E-state index in [1.54, 1.807) is 54.7 Å². The van der Waals surface area contributed by atoms with Crippen molar-refractivity contribution in [3.8, 4) is 10.6 Å². The minimum Gasteiger partial charge on any atom is -0.322 e. The van der Waals surface area contributed by atoms with Gasteiger partial charge in [0.1, 0.15) is 5.01 Å². The van der Waals surface area contributed by atoms with Crippen LogP contribution in [-0.4, -0.2) is 19.3 Å². The van der Waals surface area contributed by atoms with Gasteiger partial charge in [0.2, 0.25) is 0 Å². The average Bonchev–Trinajstić information content (AvgIpc) is 3.30. The van der Waals surface area contributed by atoms with E-state index in [0.717, 1.165) is 10.6 Å². The number of nitrogens with zero attached hydrogens (tertiary/aromatic N) is 1. The number of anilines is 2. The van der Waals surface area contributed by atoms with Crippen LogP contribution in [0.25, 0.3) is 10.6 Å². The fraction of sp³-hybridized carbons (Fsp3) is 0. The highest BCUT2D eigenvalue weighted by Crippen LogP contribution is 2.25. The van der Waals surface area contributed by atoms with Crippen molar-refractivity contribution in [3.63, 3.8) is 0 Å². The molecule has 0 aliphatic heterocycles. The second-order valence-electron chi connectivity index (χ2n) is 6.37. The molecule has 6 nitrogen and oxygen atoms in total. The summed E-state index contributed by atoms with van der Waals surface area (Å²) >= 11 is 1.52. The summed E-state index contributed by atoms with van der Waals surface area (Å²) in [5, 5.41) is 5.63. The van der Waals surface area contributed by atoms with Crippen LogP contribution in [-0.2, 0) is 10.0 Å². The lowest BCUT2D eigenvalue weighted by molar-refractivity contribution is 0.102. The minimum atomic E-state index is -3.68. The number of hydrogen-bond donors (Lipinski definition) is 2. The number of nitrogens with one attached hydrogen (secondary N) is 2. The smallest absolute Gasteiger partial charge is 0.261 e. The van der Waals surface area contributed by atoms with Crippen molar-refractivity contribution in [2.45, 2.75) is 4.90 Å². The Balaban J connectivity index is 1.45. The zero-order chi connectivity index (χ0) is 21.0. The molecule has 4 aromatic rings. The Labute approximate surface area is 178 Å². The molecule has 3 aromatic carbocycles. The average molecular weight is 436 g/mol. The van der Waals surface area contributed by atoms with E-state index in [0.29, 0.717) is 16.9 Å². The first-order chi connectivity index (χ1) is 14.5. The predicted octanol–water partition coefficient (Wildman–Crippen LogP) is 4.86. The van der Waals surface area contributed by atoms with Crippen molar-refractivity contribution >= 4 is 38.6 Å². The van der Waals surface area contributed by atoms with Gasteiger partial charge in [0.15, 0.2) is 0 Å². The lowest BCUT2D eigenvalue weighted by Crippen LogP contribution is -2.14. The van der Waals surface area contributed by atoms with Gasteiger partial charge in [-0.2, -0.15) is 0 Å². The number of sulfonamides is 1. The van der Waals surface area contributed by atoms with E-state index >= 15 is 0 Å². The first kappa shape index (κ1) is 19.8. The first-order valence-corrected chi connectivity index (χ1v) is 11.4. The second kappa shape index (κ2) is 8.48. The lowest BCUT2D eigenvalue weighted by atomic mass is 10.1. The maximum Gasteiger partial charge on any atom is 0.261 e. The summed E-state index contributed by atoms with van der Waals surface area (Å²) in [4.78, 5) is 17.0. The van der Waals surface area contributed by atoms with E-state index in [9.17, 15) is 13.2 Å². The molecular formula is C22H17N3O3S2. The fourth-order valence-electron chi connectivity index (χ4n) is 2.80. The van der Waals surface area contributed by atoms with Gasteiger partial charge in [-0.1, -0.05) is 30.3 Å². The van der Waals surface area contributed by atoms with Gasteiger partial charge < -0.3 is 5.32 Å². The summed E-state index contributed by atoms with van der Waals surface area (Å²) in [7, 11) is -3.68. The molecule has 30 heavy (non-hydrogen) atoms. The highest BCUT2D eigenvalue weighted by atomic mass is 32.2. The number of thiazole rings is 1. The van der Waals surface area contributed by atoms with Crippen molar-refractivity contribution < 1.29 is 13.2 Å². The monoisotopic (exact) mass is 435 g/mol. The van der Waals surface area contributed by atoms with Crippen molar-refractivity contribution in [2.24, 2.45) is 0 Å². The van der Waals surface area contributed by atoms with E-state index in [2.05, 4.69) is 15.0 Å². The number of rotatable bonds is 6. The maximum atomic E-state index is 12.6. The minimum absolute atomic E-state index is 0.173. The number of aromatic nitrogens is 1. The molecular weight excluding hydrogens is 418 g/mol. The molecule has 0 radical (unpaired) electrons. The molecule has 1 heterocycles. The summed E-state index contributed by atoms with van der Waals surface area (Å²) < 4.78 is 27.3. The molecule has 1 amide bonds. The van der Waals surface area contributed by atoms with Gasteiger partial charge in [0, 0.05) is 34.1 Å². The number of carbonyl (C=O) groups is 1. The molecule has 0 unspecified atom stereocenters. The van der Waals surface area contributed by atoms with E-state index in [1.165, 1.54) is 23.5 Å². The van der Waals surface area contributed by atoms with Crippen LogP contribution in [0.3, 0.4) is 0 Å². The first-order valence-electron chi connectivity index (χ1n) is 9.00. The molecule has 0 saturated heterocycles. The fourth-order valence-corrected chi connectivity index (χ4v) is 4.52. The molecule has 150 valence electrons. The number of carbonyl (C=O) groups excluding carboxylic acids is 1. The normalized spacial score (nSPS) is 11.1. The van der Waals surface area contributed by atoms with Gasteiger partial charge in [-0.25, -0.2) is 13.4 Å². The molecule has 0 bridgehead atoms. The standard InChI is InChI=1S/C22H17N3O3S2/c26-21(24-19-6-4-5-17(15-19)22-23-13-14-29-22)16-9-11-18(12-10-16)25-30(27,28)20-7-2-1-3-8-20/h1-15,25H,(H,24,26).